The van der Waals surface area contributed by atoms with E-state index in [1.807, 2.05) is 0 Å². The average Bonchev–Trinajstić information content (AvgIpc) is 2.60. The van der Waals surface area contributed by atoms with Crippen LogP contribution in [0.3, 0.4) is 0 Å². The first-order valence-electron chi connectivity index (χ1n) is 5.14. The molecule has 1 rings (SSSR count). The zero-order valence-corrected chi connectivity index (χ0v) is 10.4. The fourth-order valence-electron chi connectivity index (χ4n) is 1.04. The van der Waals surface area contributed by atoms with Crippen LogP contribution >= 0.6 is 11.3 Å². The van der Waals surface area contributed by atoms with Gasteiger partial charge in [-0.25, -0.2) is 4.98 Å². The summed E-state index contributed by atoms with van der Waals surface area (Å²) in [7, 11) is 0. The van der Waals surface area contributed by atoms with Gasteiger partial charge in [0.2, 0.25) is 0 Å². The average molecular weight is 222 g/mol. The first-order chi connectivity index (χ1) is 7.04. The van der Waals surface area contributed by atoms with Gasteiger partial charge < -0.3 is 5.73 Å². The van der Waals surface area contributed by atoms with Gasteiger partial charge in [-0.15, -0.1) is 17.3 Å². The molecule has 1 aromatic rings. The molecule has 2 N–H and O–H groups in total. The molecule has 0 aliphatic heterocycles. The summed E-state index contributed by atoms with van der Waals surface area (Å²) in [6.45, 7) is 7.15. The van der Waals surface area contributed by atoms with Crippen LogP contribution in [0.4, 0.5) is 0 Å². The number of nitrogens with zero attached hydrogens (tertiary/aromatic N) is 1. The Balaban J connectivity index is 2.59. The van der Waals surface area contributed by atoms with Gasteiger partial charge in [0.15, 0.2) is 0 Å². The Hall–Kier alpha value is -0.850. The van der Waals surface area contributed by atoms with E-state index in [0.717, 1.165) is 23.5 Å². The van der Waals surface area contributed by atoms with Crippen LogP contribution in [-0.2, 0) is 11.8 Å². The van der Waals surface area contributed by atoms with Gasteiger partial charge in [-0.1, -0.05) is 26.7 Å². The van der Waals surface area contributed by atoms with Gasteiger partial charge in [0.05, 0.1) is 12.1 Å². The standard InChI is InChI=1S/C12H18N2S/c1-12(2,3)10-9-15-11(14-10)7-5-4-6-8-13/h9H,6-8,13H2,1-3H3. The van der Waals surface area contributed by atoms with Crippen molar-refractivity contribution in [1.29, 1.82) is 0 Å². The second-order valence-corrected chi connectivity index (χ2v) is 5.39. The third-order valence-electron chi connectivity index (χ3n) is 1.95. The van der Waals surface area contributed by atoms with Crippen molar-refractivity contribution in [2.75, 3.05) is 6.54 Å². The van der Waals surface area contributed by atoms with Crippen molar-refractivity contribution in [3.8, 4) is 11.8 Å². The van der Waals surface area contributed by atoms with Gasteiger partial charge in [-0.05, 0) is 0 Å². The zero-order valence-electron chi connectivity index (χ0n) is 9.63. The number of hydrogen-bond donors (Lipinski definition) is 1. The Morgan fingerprint density at radius 3 is 2.67 bits per heavy atom. The van der Waals surface area contributed by atoms with E-state index in [4.69, 9.17) is 5.73 Å². The minimum atomic E-state index is 0.138. The van der Waals surface area contributed by atoms with E-state index in [0.29, 0.717) is 6.54 Å². The van der Waals surface area contributed by atoms with Crippen molar-refractivity contribution in [1.82, 2.24) is 4.98 Å². The molecule has 82 valence electrons. The van der Waals surface area contributed by atoms with Crippen molar-refractivity contribution in [2.45, 2.75) is 39.0 Å². The smallest absolute Gasteiger partial charge is 0.105 e. The van der Waals surface area contributed by atoms with E-state index in [9.17, 15) is 0 Å². The molecule has 3 heteroatoms. The summed E-state index contributed by atoms with van der Waals surface area (Å²) in [6.07, 6.45) is 1.53. The molecule has 1 heterocycles. The highest BCUT2D eigenvalue weighted by Gasteiger charge is 2.16. The van der Waals surface area contributed by atoms with E-state index in [-0.39, 0.29) is 5.41 Å². The SMILES string of the molecule is CC(C)(C)c1csc(CC#CCCN)n1. The lowest BCUT2D eigenvalue weighted by atomic mass is 9.93. The fraction of sp³-hybridized carbons (Fsp3) is 0.583. The molecule has 0 saturated carbocycles. The van der Waals surface area contributed by atoms with E-state index in [2.05, 4.69) is 43.0 Å². The summed E-state index contributed by atoms with van der Waals surface area (Å²) in [5.74, 6) is 6.11. The number of nitrogens with two attached hydrogens (primary N) is 1. The van der Waals surface area contributed by atoms with Crippen LogP contribution in [0.1, 0.15) is 37.9 Å². The first kappa shape index (κ1) is 12.2. The van der Waals surface area contributed by atoms with Crippen LogP contribution in [0.15, 0.2) is 5.38 Å². The first-order valence-corrected chi connectivity index (χ1v) is 6.02. The predicted molar refractivity (Wildman–Crippen MR) is 66.0 cm³/mol. The second kappa shape index (κ2) is 5.29. The third-order valence-corrected chi connectivity index (χ3v) is 2.80. The predicted octanol–water partition coefficient (Wildman–Crippen LogP) is 2.34. The minimum Gasteiger partial charge on any atom is -0.330 e. The largest absolute Gasteiger partial charge is 0.330 e. The molecule has 2 nitrogen and oxygen atoms in total. The van der Waals surface area contributed by atoms with Crippen molar-refractivity contribution in [3.63, 3.8) is 0 Å². The highest BCUT2D eigenvalue weighted by Crippen LogP contribution is 2.23. The normalized spacial score (nSPS) is 10.9. The lowest BCUT2D eigenvalue weighted by Gasteiger charge is -2.14. The molecule has 0 atom stereocenters. The molecule has 0 aliphatic rings. The molecule has 0 radical (unpaired) electrons. The van der Waals surface area contributed by atoms with Crippen LogP contribution in [-0.4, -0.2) is 11.5 Å². The van der Waals surface area contributed by atoms with Crippen LogP contribution in [0.25, 0.3) is 0 Å². The van der Waals surface area contributed by atoms with Gasteiger partial charge in [0.1, 0.15) is 5.01 Å². The topological polar surface area (TPSA) is 38.9 Å². The summed E-state index contributed by atoms with van der Waals surface area (Å²) < 4.78 is 0. The third kappa shape index (κ3) is 4.03. The van der Waals surface area contributed by atoms with Crippen LogP contribution < -0.4 is 5.73 Å². The van der Waals surface area contributed by atoms with Crippen molar-refractivity contribution >= 4 is 11.3 Å². The van der Waals surface area contributed by atoms with Crippen molar-refractivity contribution in [2.24, 2.45) is 5.73 Å². The molecule has 1 aromatic heterocycles. The maximum Gasteiger partial charge on any atom is 0.105 e. The Kier molecular flexibility index (Phi) is 4.31. The highest BCUT2D eigenvalue weighted by molar-refractivity contribution is 7.09. The lowest BCUT2D eigenvalue weighted by molar-refractivity contribution is 0.571. The van der Waals surface area contributed by atoms with E-state index >= 15 is 0 Å². The molecular weight excluding hydrogens is 204 g/mol. The molecule has 0 unspecified atom stereocenters. The second-order valence-electron chi connectivity index (χ2n) is 4.45. The molecule has 0 fully saturated rings. The number of hydrogen-bond acceptors (Lipinski definition) is 3. The maximum absolute atomic E-state index is 5.35. The van der Waals surface area contributed by atoms with Gasteiger partial charge in [-0.2, -0.15) is 0 Å². The van der Waals surface area contributed by atoms with Crippen molar-refractivity contribution < 1.29 is 0 Å². The Morgan fingerprint density at radius 2 is 2.13 bits per heavy atom. The Morgan fingerprint density at radius 1 is 1.40 bits per heavy atom. The van der Waals surface area contributed by atoms with Gasteiger partial charge in [-0.3, -0.25) is 0 Å². The van der Waals surface area contributed by atoms with Crippen molar-refractivity contribution in [3.05, 3.63) is 16.1 Å². The summed E-state index contributed by atoms with van der Waals surface area (Å²) >= 11 is 1.69. The molecule has 15 heavy (non-hydrogen) atoms. The zero-order chi connectivity index (χ0) is 11.3. The van der Waals surface area contributed by atoms with E-state index in [1.54, 1.807) is 11.3 Å². The Bertz CT molecular complexity index is 363. The maximum atomic E-state index is 5.35. The quantitative estimate of drug-likeness (QED) is 0.780. The number of rotatable bonds is 2. The van der Waals surface area contributed by atoms with Gasteiger partial charge >= 0.3 is 0 Å². The summed E-state index contributed by atoms with van der Waals surface area (Å²) in [5, 5.41) is 3.23. The van der Waals surface area contributed by atoms with Gasteiger partial charge in [0.25, 0.3) is 0 Å². The van der Waals surface area contributed by atoms with E-state index < -0.39 is 0 Å². The van der Waals surface area contributed by atoms with Crippen LogP contribution in [0, 0.1) is 11.8 Å². The van der Waals surface area contributed by atoms with E-state index in [1.165, 1.54) is 0 Å². The molecule has 0 saturated heterocycles. The lowest BCUT2D eigenvalue weighted by Crippen LogP contribution is -2.11. The minimum absolute atomic E-state index is 0.138. The highest BCUT2D eigenvalue weighted by atomic mass is 32.1. The summed E-state index contributed by atoms with van der Waals surface area (Å²) in [6, 6.07) is 0. The molecule has 0 amide bonds. The Labute approximate surface area is 95.9 Å². The van der Waals surface area contributed by atoms with Crippen LogP contribution in [0.5, 0.6) is 0 Å². The molecule has 0 aromatic carbocycles. The summed E-state index contributed by atoms with van der Waals surface area (Å²) in [4.78, 5) is 4.56. The van der Waals surface area contributed by atoms with Crippen LogP contribution in [0.2, 0.25) is 0 Å². The summed E-state index contributed by atoms with van der Waals surface area (Å²) in [5.41, 5.74) is 6.65. The number of aromatic nitrogens is 1. The molecule has 0 bridgehead atoms. The molecule has 0 spiro atoms. The van der Waals surface area contributed by atoms with Gasteiger partial charge in [0, 0.05) is 23.8 Å². The number of thiazole rings is 1. The molecule has 0 aliphatic carbocycles. The monoisotopic (exact) mass is 222 g/mol. The molecular formula is C12H18N2S. The fourth-order valence-corrected chi connectivity index (χ4v) is 2.00.